The minimum Gasteiger partial charge on any atom is -0.493 e. The van der Waals surface area contributed by atoms with E-state index in [0.29, 0.717) is 25.2 Å². The van der Waals surface area contributed by atoms with Crippen LogP contribution in [0.3, 0.4) is 0 Å². The number of unbranched alkanes of at least 4 members (excludes halogenated alkanes) is 1. The van der Waals surface area contributed by atoms with Gasteiger partial charge in [0.2, 0.25) is 0 Å². The summed E-state index contributed by atoms with van der Waals surface area (Å²) in [5, 5.41) is 8.30. The van der Waals surface area contributed by atoms with Crippen molar-refractivity contribution in [1.82, 2.24) is 0 Å². The summed E-state index contributed by atoms with van der Waals surface area (Å²) in [6.07, 6.45) is 1.01. The standard InChI is InChI=1S/C12H12FNO2/c1-9(15)11-5-4-10(8-12(11)13)16-7-3-2-6-14/h4-5,8H,2-3,7H2,1H3. The zero-order valence-corrected chi connectivity index (χ0v) is 9.00. The second-order valence-corrected chi connectivity index (χ2v) is 3.31. The Morgan fingerprint density at radius 3 is 2.88 bits per heavy atom. The van der Waals surface area contributed by atoms with E-state index in [1.165, 1.54) is 19.1 Å². The highest BCUT2D eigenvalue weighted by atomic mass is 19.1. The van der Waals surface area contributed by atoms with Gasteiger partial charge in [-0.25, -0.2) is 4.39 Å². The lowest BCUT2D eigenvalue weighted by atomic mass is 10.1. The van der Waals surface area contributed by atoms with Crippen LogP contribution in [0, 0.1) is 17.1 Å². The molecule has 0 atom stereocenters. The summed E-state index contributed by atoms with van der Waals surface area (Å²) >= 11 is 0. The van der Waals surface area contributed by atoms with Crippen LogP contribution < -0.4 is 4.74 Å². The first-order chi connectivity index (χ1) is 7.65. The molecule has 0 fully saturated rings. The lowest BCUT2D eigenvalue weighted by molar-refractivity contribution is 0.101. The van der Waals surface area contributed by atoms with Crippen molar-refractivity contribution in [2.45, 2.75) is 19.8 Å². The van der Waals surface area contributed by atoms with Crippen LogP contribution in [0.5, 0.6) is 5.75 Å². The smallest absolute Gasteiger partial charge is 0.162 e. The molecule has 0 aliphatic rings. The fourth-order valence-corrected chi connectivity index (χ4v) is 1.21. The van der Waals surface area contributed by atoms with Crippen LogP contribution in [0.25, 0.3) is 0 Å². The molecule has 0 amide bonds. The summed E-state index contributed by atoms with van der Waals surface area (Å²) in [4.78, 5) is 11.0. The normalized spacial score (nSPS) is 9.56. The van der Waals surface area contributed by atoms with Crippen molar-refractivity contribution in [2.24, 2.45) is 0 Å². The topological polar surface area (TPSA) is 50.1 Å². The quantitative estimate of drug-likeness (QED) is 0.567. The van der Waals surface area contributed by atoms with Crippen LogP contribution in [-0.2, 0) is 0 Å². The molecule has 3 nitrogen and oxygen atoms in total. The maximum absolute atomic E-state index is 13.3. The van der Waals surface area contributed by atoms with Crippen LogP contribution in [0.2, 0.25) is 0 Å². The van der Waals surface area contributed by atoms with Gasteiger partial charge in [-0.15, -0.1) is 0 Å². The first-order valence-corrected chi connectivity index (χ1v) is 4.95. The number of hydrogen-bond acceptors (Lipinski definition) is 3. The first kappa shape index (κ1) is 12.2. The molecule has 0 N–H and O–H groups in total. The monoisotopic (exact) mass is 221 g/mol. The number of halogens is 1. The zero-order chi connectivity index (χ0) is 12.0. The molecule has 0 aliphatic heterocycles. The Bertz CT molecular complexity index is 424. The van der Waals surface area contributed by atoms with Crippen molar-refractivity contribution < 1.29 is 13.9 Å². The molecule has 0 saturated heterocycles. The Morgan fingerprint density at radius 2 is 2.31 bits per heavy atom. The molecule has 0 bridgehead atoms. The summed E-state index contributed by atoms with van der Waals surface area (Å²) < 4.78 is 18.5. The Hall–Kier alpha value is -1.89. The van der Waals surface area contributed by atoms with E-state index in [1.807, 2.05) is 6.07 Å². The molecule has 0 radical (unpaired) electrons. The molecule has 1 rings (SSSR count). The first-order valence-electron chi connectivity index (χ1n) is 4.95. The van der Waals surface area contributed by atoms with Crippen LogP contribution in [0.4, 0.5) is 4.39 Å². The van der Waals surface area contributed by atoms with Crippen molar-refractivity contribution in [3.05, 3.63) is 29.6 Å². The van der Waals surface area contributed by atoms with Gasteiger partial charge < -0.3 is 4.74 Å². The van der Waals surface area contributed by atoms with Gasteiger partial charge in [0.05, 0.1) is 18.2 Å². The molecule has 0 saturated carbocycles. The highest BCUT2D eigenvalue weighted by Gasteiger charge is 2.07. The van der Waals surface area contributed by atoms with E-state index < -0.39 is 5.82 Å². The van der Waals surface area contributed by atoms with Gasteiger partial charge in [-0.3, -0.25) is 4.79 Å². The minimum absolute atomic E-state index is 0.0596. The molecule has 1 aromatic rings. The van der Waals surface area contributed by atoms with Crippen molar-refractivity contribution in [3.8, 4) is 11.8 Å². The molecule has 0 spiro atoms. The van der Waals surface area contributed by atoms with Gasteiger partial charge in [-0.2, -0.15) is 5.26 Å². The molecule has 84 valence electrons. The maximum atomic E-state index is 13.3. The van der Waals surface area contributed by atoms with E-state index >= 15 is 0 Å². The van der Waals surface area contributed by atoms with Crippen molar-refractivity contribution >= 4 is 5.78 Å². The van der Waals surface area contributed by atoms with Gasteiger partial charge in [0.1, 0.15) is 11.6 Å². The van der Waals surface area contributed by atoms with Crippen molar-refractivity contribution in [1.29, 1.82) is 5.26 Å². The molecule has 1 aromatic carbocycles. The Labute approximate surface area is 93.5 Å². The number of nitrogens with zero attached hydrogens (tertiary/aromatic N) is 1. The lowest BCUT2D eigenvalue weighted by Gasteiger charge is -2.06. The predicted octanol–water partition coefficient (Wildman–Crippen LogP) is 2.71. The van der Waals surface area contributed by atoms with Crippen molar-refractivity contribution in [2.75, 3.05) is 6.61 Å². The molecule has 0 aliphatic carbocycles. The van der Waals surface area contributed by atoms with Crippen LogP contribution >= 0.6 is 0 Å². The number of ether oxygens (including phenoxy) is 1. The Kier molecular flexibility index (Phi) is 4.46. The maximum Gasteiger partial charge on any atom is 0.162 e. The number of carbonyl (C=O) groups excluding carboxylic acids is 1. The van der Waals surface area contributed by atoms with Crippen LogP contribution in [0.15, 0.2) is 18.2 Å². The second-order valence-electron chi connectivity index (χ2n) is 3.31. The number of benzene rings is 1. The van der Waals surface area contributed by atoms with E-state index in [0.717, 1.165) is 0 Å². The van der Waals surface area contributed by atoms with Gasteiger partial charge in [-0.05, 0) is 25.5 Å². The molecular formula is C12H12FNO2. The molecule has 0 heterocycles. The fourth-order valence-electron chi connectivity index (χ4n) is 1.21. The highest BCUT2D eigenvalue weighted by Crippen LogP contribution is 2.17. The predicted molar refractivity (Wildman–Crippen MR) is 56.7 cm³/mol. The molecule has 16 heavy (non-hydrogen) atoms. The van der Waals surface area contributed by atoms with Gasteiger partial charge in [-0.1, -0.05) is 0 Å². The third-order valence-corrected chi connectivity index (χ3v) is 2.02. The summed E-state index contributed by atoms with van der Waals surface area (Å²) in [5.74, 6) is -0.515. The number of Topliss-reactive ketones (excluding diaryl/α,β-unsaturated/α-hetero) is 1. The third-order valence-electron chi connectivity index (χ3n) is 2.02. The van der Waals surface area contributed by atoms with E-state index in [-0.39, 0.29) is 11.3 Å². The largest absolute Gasteiger partial charge is 0.493 e. The second kappa shape index (κ2) is 5.86. The van der Waals surface area contributed by atoms with Gasteiger partial charge >= 0.3 is 0 Å². The number of carbonyl (C=O) groups is 1. The Balaban J connectivity index is 2.60. The molecule has 0 aromatic heterocycles. The fraction of sp³-hybridized carbons (Fsp3) is 0.333. The van der Waals surface area contributed by atoms with E-state index in [2.05, 4.69) is 0 Å². The van der Waals surface area contributed by atoms with Crippen molar-refractivity contribution in [3.63, 3.8) is 0 Å². The molecule has 0 unspecified atom stereocenters. The third kappa shape index (κ3) is 3.35. The zero-order valence-electron chi connectivity index (χ0n) is 9.00. The average Bonchev–Trinajstić information content (AvgIpc) is 2.24. The van der Waals surface area contributed by atoms with Crippen LogP contribution in [-0.4, -0.2) is 12.4 Å². The van der Waals surface area contributed by atoms with E-state index in [4.69, 9.17) is 10.00 Å². The van der Waals surface area contributed by atoms with Gasteiger partial charge in [0.25, 0.3) is 0 Å². The minimum atomic E-state index is -0.578. The average molecular weight is 221 g/mol. The van der Waals surface area contributed by atoms with E-state index in [1.54, 1.807) is 6.07 Å². The number of ketones is 1. The molecule has 4 heteroatoms. The lowest BCUT2D eigenvalue weighted by Crippen LogP contribution is -2.00. The number of hydrogen-bond donors (Lipinski definition) is 0. The van der Waals surface area contributed by atoms with E-state index in [9.17, 15) is 9.18 Å². The number of nitriles is 1. The highest BCUT2D eigenvalue weighted by molar-refractivity contribution is 5.94. The summed E-state index contributed by atoms with van der Waals surface area (Å²) in [5.41, 5.74) is 0.0596. The molecular weight excluding hydrogens is 209 g/mol. The van der Waals surface area contributed by atoms with Gasteiger partial charge in [0, 0.05) is 12.5 Å². The summed E-state index contributed by atoms with van der Waals surface area (Å²) in [7, 11) is 0. The number of rotatable bonds is 5. The summed E-state index contributed by atoms with van der Waals surface area (Å²) in [6.45, 7) is 1.68. The van der Waals surface area contributed by atoms with Crippen LogP contribution in [0.1, 0.15) is 30.1 Å². The van der Waals surface area contributed by atoms with Gasteiger partial charge in [0.15, 0.2) is 5.78 Å². The summed E-state index contributed by atoms with van der Waals surface area (Å²) in [6, 6.07) is 6.12. The SMILES string of the molecule is CC(=O)c1ccc(OCCCC#N)cc1F. The Morgan fingerprint density at radius 1 is 1.56 bits per heavy atom.